The summed E-state index contributed by atoms with van der Waals surface area (Å²) in [7, 11) is 3.98. The molecule has 14 heavy (non-hydrogen) atoms. The zero-order valence-corrected chi connectivity index (χ0v) is 10.3. The normalized spacial score (nSPS) is 13.3. The number of hydrogen-bond acceptors (Lipinski definition) is 3. The fourth-order valence-electron chi connectivity index (χ4n) is 1.42. The number of nitrogens with two attached hydrogens (primary N) is 1. The van der Waals surface area contributed by atoms with Crippen LogP contribution in [0.4, 0.5) is 0 Å². The Bertz CT molecular complexity index is 312. The molecule has 0 spiro atoms. The van der Waals surface area contributed by atoms with Gasteiger partial charge in [-0.2, -0.15) is 0 Å². The highest BCUT2D eigenvalue weighted by molar-refractivity contribution is 9.10. The van der Waals surface area contributed by atoms with Gasteiger partial charge in [0.1, 0.15) is 0 Å². The van der Waals surface area contributed by atoms with Gasteiger partial charge in [-0.05, 0) is 44.3 Å². The van der Waals surface area contributed by atoms with Gasteiger partial charge < -0.3 is 0 Å². The number of rotatable bonds is 3. The highest BCUT2D eigenvalue weighted by atomic mass is 79.9. The van der Waals surface area contributed by atoms with E-state index in [1.54, 1.807) is 0 Å². The maximum atomic E-state index is 5.52. The molecule has 0 heterocycles. The minimum atomic E-state index is 0.0486. The number of halogens is 1. The smallest absolute Gasteiger partial charge is 0.0983 e. The molecule has 1 aromatic carbocycles. The van der Waals surface area contributed by atoms with Crippen molar-refractivity contribution in [3.63, 3.8) is 0 Å². The molecule has 0 radical (unpaired) electrons. The Labute approximate surface area is 93.4 Å². The summed E-state index contributed by atoms with van der Waals surface area (Å²) < 4.78 is 1.07. The predicted octanol–water partition coefficient (Wildman–Crippen LogP) is 1.78. The largest absolute Gasteiger partial charge is 0.289 e. The molecule has 1 atom stereocenters. The summed E-state index contributed by atoms with van der Waals surface area (Å²) in [5, 5.41) is 0. The Hall–Kier alpha value is -0.420. The van der Waals surface area contributed by atoms with Crippen molar-refractivity contribution in [1.29, 1.82) is 0 Å². The van der Waals surface area contributed by atoms with Crippen LogP contribution in [-0.2, 0) is 0 Å². The second-order valence-electron chi connectivity index (χ2n) is 3.53. The summed E-state index contributed by atoms with van der Waals surface area (Å²) in [6, 6.07) is 6.19. The molecule has 0 bridgehead atoms. The molecule has 0 saturated heterocycles. The van der Waals surface area contributed by atoms with Crippen LogP contribution in [0.2, 0.25) is 0 Å². The van der Waals surface area contributed by atoms with Crippen LogP contribution in [0.25, 0.3) is 0 Å². The zero-order valence-electron chi connectivity index (χ0n) is 8.71. The summed E-state index contributed by atoms with van der Waals surface area (Å²) in [5.74, 6) is 5.52. The number of hydrazine groups is 1. The van der Waals surface area contributed by atoms with Crippen molar-refractivity contribution in [3.05, 3.63) is 33.8 Å². The molecular formula is C10H16BrN3. The van der Waals surface area contributed by atoms with Crippen LogP contribution in [0, 0.1) is 6.92 Å². The molecule has 78 valence electrons. The number of nitrogens with zero attached hydrogens (tertiary/aromatic N) is 1. The molecule has 0 fully saturated rings. The average Bonchev–Trinajstić information content (AvgIpc) is 2.11. The number of hydrogen-bond donors (Lipinski definition) is 2. The third kappa shape index (κ3) is 2.54. The van der Waals surface area contributed by atoms with Gasteiger partial charge in [0, 0.05) is 4.47 Å². The molecule has 0 saturated carbocycles. The minimum absolute atomic E-state index is 0.0486. The summed E-state index contributed by atoms with van der Waals surface area (Å²) in [6.45, 7) is 2.08. The lowest BCUT2D eigenvalue weighted by Crippen LogP contribution is -2.38. The second kappa shape index (κ2) is 4.89. The third-order valence-corrected chi connectivity index (χ3v) is 2.70. The van der Waals surface area contributed by atoms with Gasteiger partial charge in [0.2, 0.25) is 0 Å². The van der Waals surface area contributed by atoms with E-state index in [4.69, 9.17) is 5.84 Å². The maximum Gasteiger partial charge on any atom is 0.0983 e. The quantitative estimate of drug-likeness (QED) is 0.493. The van der Waals surface area contributed by atoms with Gasteiger partial charge in [-0.25, -0.2) is 5.43 Å². The predicted molar refractivity (Wildman–Crippen MR) is 62.6 cm³/mol. The van der Waals surface area contributed by atoms with Crippen LogP contribution in [0.5, 0.6) is 0 Å². The highest BCUT2D eigenvalue weighted by Crippen LogP contribution is 2.22. The second-order valence-corrected chi connectivity index (χ2v) is 4.45. The van der Waals surface area contributed by atoms with Gasteiger partial charge in [0.15, 0.2) is 0 Å². The highest BCUT2D eigenvalue weighted by Gasteiger charge is 2.14. The van der Waals surface area contributed by atoms with E-state index in [2.05, 4.69) is 40.4 Å². The van der Waals surface area contributed by atoms with Crippen LogP contribution in [0.1, 0.15) is 17.3 Å². The number of benzene rings is 1. The monoisotopic (exact) mass is 257 g/mol. The van der Waals surface area contributed by atoms with Crippen LogP contribution >= 0.6 is 15.9 Å². The fraction of sp³-hybridized carbons (Fsp3) is 0.400. The third-order valence-electron chi connectivity index (χ3n) is 2.21. The van der Waals surface area contributed by atoms with Crippen LogP contribution in [0.15, 0.2) is 22.7 Å². The molecular weight excluding hydrogens is 242 g/mol. The molecule has 4 heteroatoms. The Balaban J connectivity index is 3.08. The van der Waals surface area contributed by atoms with E-state index in [9.17, 15) is 0 Å². The lowest BCUT2D eigenvalue weighted by Gasteiger charge is -2.25. The van der Waals surface area contributed by atoms with E-state index in [0.717, 1.165) is 4.47 Å². The van der Waals surface area contributed by atoms with Gasteiger partial charge in [-0.1, -0.05) is 22.0 Å². The van der Waals surface area contributed by atoms with Crippen LogP contribution < -0.4 is 11.3 Å². The zero-order chi connectivity index (χ0) is 10.7. The van der Waals surface area contributed by atoms with E-state index < -0.39 is 0 Å². The molecule has 1 unspecified atom stereocenters. The first kappa shape index (κ1) is 11.7. The van der Waals surface area contributed by atoms with E-state index >= 15 is 0 Å². The van der Waals surface area contributed by atoms with Crippen molar-refractivity contribution < 1.29 is 0 Å². The lowest BCUT2D eigenvalue weighted by molar-refractivity contribution is 0.252. The molecule has 0 aromatic heterocycles. The Morgan fingerprint density at radius 2 is 2.07 bits per heavy atom. The molecule has 0 aliphatic carbocycles. The van der Waals surface area contributed by atoms with Gasteiger partial charge in [-0.15, -0.1) is 0 Å². The van der Waals surface area contributed by atoms with E-state index in [0.29, 0.717) is 0 Å². The van der Waals surface area contributed by atoms with E-state index in [1.165, 1.54) is 11.1 Å². The van der Waals surface area contributed by atoms with Crippen molar-refractivity contribution in [2.24, 2.45) is 5.84 Å². The molecule has 0 aliphatic rings. The SMILES string of the molecule is Cc1ccc(Br)cc1C(NN)N(C)C. The van der Waals surface area contributed by atoms with Gasteiger partial charge >= 0.3 is 0 Å². The molecule has 3 N–H and O–H groups in total. The standard InChI is InChI=1S/C10H16BrN3/c1-7-4-5-8(11)6-9(7)10(13-12)14(2)3/h4-6,10,13H,12H2,1-3H3. The molecule has 1 rings (SSSR count). The van der Waals surface area contributed by atoms with E-state index in [1.807, 2.05) is 25.1 Å². The number of aryl methyl sites for hydroxylation is 1. The van der Waals surface area contributed by atoms with Crippen LogP contribution in [0.3, 0.4) is 0 Å². The lowest BCUT2D eigenvalue weighted by atomic mass is 10.1. The van der Waals surface area contributed by atoms with Crippen molar-refractivity contribution in [3.8, 4) is 0 Å². The molecule has 0 aliphatic heterocycles. The summed E-state index contributed by atoms with van der Waals surface area (Å²) in [6.07, 6.45) is 0.0486. The first-order valence-electron chi connectivity index (χ1n) is 4.45. The summed E-state index contributed by atoms with van der Waals surface area (Å²) in [5.41, 5.74) is 5.20. The topological polar surface area (TPSA) is 41.3 Å². The first-order chi connectivity index (χ1) is 6.56. The molecule has 1 aromatic rings. The van der Waals surface area contributed by atoms with Crippen molar-refractivity contribution in [2.45, 2.75) is 13.1 Å². The van der Waals surface area contributed by atoms with Gasteiger partial charge in [0.25, 0.3) is 0 Å². The Morgan fingerprint density at radius 1 is 1.43 bits per heavy atom. The Morgan fingerprint density at radius 3 is 2.57 bits per heavy atom. The Kier molecular flexibility index (Phi) is 4.07. The molecule has 3 nitrogen and oxygen atoms in total. The first-order valence-corrected chi connectivity index (χ1v) is 5.24. The van der Waals surface area contributed by atoms with Gasteiger partial charge in [0.05, 0.1) is 6.17 Å². The molecule has 0 amide bonds. The van der Waals surface area contributed by atoms with E-state index in [-0.39, 0.29) is 6.17 Å². The summed E-state index contributed by atoms with van der Waals surface area (Å²) in [4.78, 5) is 2.04. The average molecular weight is 258 g/mol. The maximum absolute atomic E-state index is 5.52. The van der Waals surface area contributed by atoms with Crippen molar-refractivity contribution in [2.75, 3.05) is 14.1 Å². The fourth-order valence-corrected chi connectivity index (χ4v) is 1.80. The summed E-state index contributed by atoms with van der Waals surface area (Å²) >= 11 is 3.46. The number of nitrogens with one attached hydrogen (secondary N) is 1. The van der Waals surface area contributed by atoms with Gasteiger partial charge in [-0.3, -0.25) is 10.7 Å². The minimum Gasteiger partial charge on any atom is -0.289 e. The van der Waals surface area contributed by atoms with Crippen molar-refractivity contribution in [1.82, 2.24) is 10.3 Å². The van der Waals surface area contributed by atoms with Crippen LogP contribution in [-0.4, -0.2) is 19.0 Å². The van der Waals surface area contributed by atoms with Crippen molar-refractivity contribution >= 4 is 15.9 Å².